The Bertz CT molecular complexity index is 660. The molecule has 0 aliphatic heterocycles. The second-order valence-corrected chi connectivity index (χ2v) is 7.06. The van der Waals surface area contributed by atoms with E-state index in [2.05, 4.69) is 14.9 Å². The van der Waals surface area contributed by atoms with Gasteiger partial charge < -0.3 is 4.42 Å². The van der Waals surface area contributed by atoms with Crippen molar-refractivity contribution in [3.63, 3.8) is 0 Å². The molecule has 0 amide bonds. The second-order valence-electron chi connectivity index (χ2n) is 4.21. The predicted octanol–water partition coefficient (Wildman–Crippen LogP) is 2.18. The first-order chi connectivity index (χ1) is 8.92. The minimum atomic E-state index is -3.47. The van der Waals surface area contributed by atoms with Crippen LogP contribution in [0.5, 0.6) is 0 Å². The minimum absolute atomic E-state index is 0.0961. The van der Waals surface area contributed by atoms with E-state index in [1.54, 1.807) is 18.4 Å². The van der Waals surface area contributed by atoms with Crippen molar-refractivity contribution in [3.05, 3.63) is 17.3 Å². The van der Waals surface area contributed by atoms with Crippen LogP contribution in [0, 0.1) is 6.92 Å². The van der Waals surface area contributed by atoms with Crippen molar-refractivity contribution in [2.24, 2.45) is 0 Å². The van der Waals surface area contributed by atoms with E-state index in [4.69, 9.17) is 4.42 Å². The highest BCUT2D eigenvalue weighted by Crippen LogP contribution is 2.27. The van der Waals surface area contributed by atoms with Crippen LogP contribution in [0.25, 0.3) is 11.5 Å². The highest BCUT2D eigenvalue weighted by Gasteiger charge is 2.20. The van der Waals surface area contributed by atoms with Crippen LogP contribution >= 0.6 is 11.3 Å². The van der Waals surface area contributed by atoms with Crippen LogP contribution in [0.15, 0.2) is 20.1 Å². The quantitative estimate of drug-likeness (QED) is 0.915. The van der Waals surface area contributed by atoms with E-state index in [9.17, 15) is 8.42 Å². The summed E-state index contributed by atoms with van der Waals surface area (Å²) in [6, 6.07) is 1.45. The molecular weight excluding hydrogens is 286 g/mol. The topological polar surface area (TPSA) is 85.1 Å². The summed E-state index contributed by atoms with van der Waals surface area (Å²) < 4.78 is 32.3. The monoisotopic (exact) mass is 301 g/mol. The highest BCUT2D eigenvalue weighted by molar-refractivity contribution is 7.91. The smallest absolute Gasteiger partial charge is 0.250 e. The molecule has 0 saturated heterocycles. The van der Waals surface area contributed by atoms with E-state index in [-0.39, 0.29) is 10.3 Å². The standard InChI is InChI=1S/C11H15N3O3S2/c1-4-7(2)14-19(15,16)10-5-9(6-18-10)11-13-12-8(3)17-11/h5-7,14H,4H2,1-3H3. The second kappa shape index (κ2) is 5.40. The predicted molar refractivity (Wildman–Crippen MR) is 72.4 cm³/mol. The van der Waals surface area contributed by atoms with E-state index in [0.29, 0.717) is 17.3 Å². The molecule has 2 heterocycles. The van der Waals surface area contributed by atoms with Gasteiger partial charge in [-0.3, -0.25) is 0 Å². The molecule has 2 rings (SSSR count). The summed E-state index contributed by atoms with van der Waals surface area (Å²) in [6.45, 7) is 5.44. The zero-order chi connectivity index (χ0) is 14.0. The molecule has 0 aliphatic carbocycles. The Morgan fingerprint density at radius 3 is 2.79 bits per heavy atom. The van der Waals surface area contributed by atoms with E-state index >= 15 is 0 Å². The van der Waals surface area contributed by atoms with Crippen molar-refractivity contribution < 1.29 is 12.8 Å². The van der Waals surface area contributed by atoms with Crippen LogP contribution < -0.4 is 4.72 Å². The van der Waals surface area contributed by atoms with E-state index < -0.39 is 10.0 Å². The number of nitrogens with zero attached hydrogens (tertiary/aromatic N) is 2. The largest absolute Gasteiger partial charge is 0.421 e. The van der Waals surface area contributed by atoms with Gasteiger partial charge in [-0.05, 0) is 19.4 Å². The lowest BCUT2D eigenvalue weighted by Crippen LogP contribution is -2.31. The number of thiophene rings is 1. The molecule has 8 heteroatoms. The van der Waals surface area contributed by atoms with Gasteiger partial charge in [-0.25, -0.2) is 13.1 Å². The van der Waals surface area contributed by atoms with Gasteiger partial charge in [0.15, 0.2) is 0 Å². The lowest BCUT2D eigenvalue weighted by molar-refractivity contribution is 0.533. The van der Waals surface area contributed by atoms with Gasteiger partial charge in [0.05, 0.1) is 5.56 Å². The fraction of sp³-hybridized carbons (Fsp3) is 0.455. The van der Waals surface area contributed by atoms with Gasteiger partial charge in [-0.1, -0.05) is 6.92 Å². The van der Waals surface area contributed by atoms with Crippen LogP contribution in [0.3, 0.4) is 0 Å². The van der Waals surface area contributed by atoms with Crippen molar-refractivity contribution in [3.8, 4) is 11.5 Å². The summed E-state index contributed by atoms with van der Waals surface area (Å²) in [4.78, 5) is 0. The van der Waals surface area contributed by atoms with Crippen molar-refractivity contribution in [1.82, 2.24) is 14.9 Å². The third-order valence-electron chi connectivity index (χ3n) is 2.58. The number of aryl methyl sites for hydroxylation is 1. The highest BCUT2D eigenvalue weighted by atomic mass is 32.2. The van der Waals surface area contributed by atoms with Crippen molar-refractivity contribution >= 4 is 21.4 Å². The Balaban J connectivity index is 2.26. The molecule has 104 valence electrons. The van der Waals surface area contributed by atoms with Crippen molar-refractivity contribution in [2.45, 2.75) is 37.4 Å². The Kier molecular flexibility index (Phi) is 4.02. The van der Waals surface area contributed by atoms with Crippen molar-refractivity contribution in [2.75, 3.05) is 0 Å². The lowest BCUT2D eigenvalue weighted by Gasteiger charge is -2.10. The van der Waals surface area contributed by atoms with E-state index in [0.717, 1.165) is 17.8 Å². The van der Waals surface area contributed by atoms with Crippen LogP contribution in [0.1, 0.15) is 26.2 Å². The summed E-state index contributed by atoms with van der Waals surface area (Å²) in [5.74, 6) is 0.780. The third-order valence-corrected chi connectivity index (χ3v) is 5.61. The fourth-order valence-corrected chi connectivity index (χ4v) is 3.89. The molecule has 0 bridgehead atoms. The normalized spacial score (nSPS) is 13.6. The number of rotatable bonds is 5. The first kappa shape index (κ1) is 14.2. The van der Waals surface area contributed by atoms with Gasteiger partial charge in [0.1, 0.15) is 4.21 Å². The van der Waals surface area contributed by atoms with Gasteiger partial charge in [0.25, 0.3) is 0 Å². The maximum absolute atomic E-state index is 12.1. The number of sulfonamides is 1. The van der Waals surface area contributed by atoms with Gasteiger partial charge in [-0.2, -0.15) is 0 Å². The number of nitrogens with one attached hydrogen (secondary N) is 1. The number of aromatic nitrogens is 2. The summed E-state index contributed by atoms with van der Waals surface area (Å²) in [6.07, 6.45) is 0.736. The van der Waals surface area contributed by atoms with E-state index in [1.165, 1.54) is 0 Å². The summed E-state index contributed by atoms with van der Waals surface area (Å²) in [5, 5.41) is 9.27. The minimum Gasteiger partial charge on any atom is -0.421 e. The maximum atomic E-state index is 12.1. The Labute approximate surface area is 115 Å². The molecule has 0 saturated carbocycles. The number of hydrogen-bond acceptors (Lipinski definition) is 6. The van der Waals surface area contributed by atoms with Crippen LogP contribution in [0.4, 0.5) is 0 Å². The van der Waals surface area contributed by atoms with Crippen LogP contribution in [-0.4, -0.2) is 24.7 Å². The molecule has 2 aromatic rings. The summed E-state index contributed by atoms with van der Waals surface area (Å²) >= 11 is 1.13. The molecule has 2 aromatic heterocycles. The summed E-state index contributed by atoms with van der Waals surface area (Å²) in [7, 11) is -3.47. The average molecular weight is 301 g/mol. The molecular formula is C11H15N3O3S2. The molecule has 0 fully saturated rings. The molecule has 0 radical (unpaired) electrons. The third kappa shape index (κ3) is 3.20. The Morgan fingerprint density at radius 2 is 2.21 bits per heavy atom. The first-order valence-electron chi connectivity index (χ1n) is 5.83. The van der Waals surface area contributed by atoms with Gasteiger partial charge >= 0.3 is 0 Å². The molecule has 1 unspecified atom stereocenters. The zero-order valence-electron chi connectivity index (χ0n) is 10.9. The Hall–Kier alpha value is -1.25. The van der Waals surface area contributed by atoms with Gasteiger partial charge in [0, 0.05) is 18.3 Å². The fourth-order valence-electron chi connectivity index (χ4n) is 1.39. The zero-order valence-corrected chi connectivity index (χ0v) is 12.5. The first-order valence-corrected chi connectivity index (χ1v) is 8.20. The maximum Gasteiger partial charge on any atom is 0.250 e. The molecule has 0 aliphatic rings. The molecule has 6 nitrogen and oxygen atoms in total. The lowest BCUT2D eigenvalue weighted by atomic mass is 10.3. The summed E-state index contributed by atoms with van der Waals surface area (Å²) in [5.41, 5.74) is 0.620. The molecule has 19 heavy (non-hydrogen) atoms. The van der Waals surface area contributed by atoms with Crippen molar-refractivity contribution in [1.29, 1.82) is 0 Å². The molecule has 0 aromatic carbocycles. The average Bonchev–Trinajstić information content (AvgIpc) is 2.96. The SMILES string of the molecule is CCC(C)NS(=O)(=O)c1cc(-c2nnc(C)o2)cs1. The Morgan fingerprint density at radius 1 is 1.47 bits per heavy atom. The van der Waals surface area contributed by atoms with Crippen LogP contribution in [0.2, 0.25) is 0 Å². The van der Waals surface area contributed by atoms with Gasteiger partial charge in [0.2, 0.25) is 21.8 Å². The molecule has 1 atom stereocenters. The van der Waals surface area contributed by atoms with Crippen LogP contribution in [-0.2, 0) is 10.0 Å². The molecule has 1 N–H and O–H groups in total. The van der Waals surface area contributed by atoms with Gasteiger partial charge in [-0.15, -0.1) is 21.5 Å². The molecule has 0 spiro atoms. The number of hydrogen-bond donors (Lipinski definition) is 1. The van der Waals surface area contributed by atoms with E-state index in [1.807, 2.05) is 13.8 Å².